The molecule has 1 atom stereocenters. The Morgan fingerprint density at radius 3 is 2.35 bits per heavy atom. The summed E-state index contributed by atoms with van der Waals surface area (Å²) in [5, 5.41) is 0. The Kier molecular flexibility index (Phi) is 7.39. The molecule has 0 aliphatic carbocycles. The Hall–Kier alpha value is -2.37. The summed E-state index contributed by atoms with van der Waals surface area (Å²) in [7, 11) is -4.27. The van der Waals surface area contributed by atoms with Crippen molar-refractivity contribution in [1.29, 1.82) is 0 Å². The molecule has 1 amide bonds. The van der Waals surface area contributed by atoms with E-state index in [1.54, 1.807) is 12.1 Å². The number of aromatic nitrogens is 1. The van der Waals surface area contributed by atoms with Crippen LogP contribution in [0, 0.1) is 0 Å². The van der Waals surface area contributed by atoms with E-state index in [2.05, 4.69) is 4.90 Å². The van der Waals surface area contributed by atoms with Gasteiger partial charge >= 0.3 is 6.18 Å². The first kappa shape index (κ1) is 26.2. The second-order valence-corrected chi connectivity index (χ2v) is 12.1. The maximum absolute atomic E-state index is 13.6. The largest absolute Gasteiger partial charge is 0.416 e. The van der Waals surface area contributed by atoms with Crippen LogP contribution in [0.5, 0.6) is 0 Å². The van der Waals surface area contributed by atoms with Gasteiger partial charge in [0.15, 0.2) is 0 Å². The molecule has 2 saturated heterocycles. The minimum Gasteiger partial charge on any atom is -0.349 e. The van der Waals surface area contributed by atoms with Gasteiger partial charge in [0, 0.05) is 50.5 Å². The number of carbonyl (C=O) groups is 1. The van der Waals surface area contributed by atoms with Crippen molar-refractivity contribution in [2.45, 2.75) is 68.2 Å². The summed E-state index contributed by atoms with van der Waals surface area (Å²) in [4.78, 5) is 17.3. The fourth-order valence-corrected chi connectivity index (χ4v) is 7.60. The summed E-state index contributed by atoms with van der Waals surface area (Å²) in [6.07, 6.45) is 2.65. The number of hydrogen-bond acceptors (Lipinski definition) is 4. The van der Waals surface area contributed by atoms with Crippen LogP contribution in [-0.2, 0) is 27.5 Å². The molecule has 0 N–H and O–H groups in total. The lowest BCUT2D eigenvalue weighted by molar-refractivity contribution is -0.137. The number of carbonyl (C=O) groups excluding carboxylic acids is 1. The predicted octanol–water partition coefficient (Wildman–Crippen LogP) is 4.12. The molecule has 1 aromatic heterocycles. The zero-order chi connectivity index (χ0) is 26.2. The quantitative estimate of drug-likeness (QED) is 0.575. The number of alkyl halides is 3. The highest BCUT2D eigenvalue weighted by atomic mass is 32.2. The molecule has 3 aliphatic rings. The van der Waals surface area contributed by atoms with Crippen molar-refractivity contribution in [3.05, 3.63) is 53.9 Å². The maximum Gasteiger partial charge on any atom is 0.416 e. The van der Waals surface area contributed by atoms with Crippen LogP contribution in [0.4, 0.5) is 13.2 Å². The molecule has 3 aliphatic heterocycles. The molecular formula is C26H33F3N4O3S. The van der Waals surface area contributed by atoms with Gasteiger partial charge in [-0.1, -0.05) is 12.5 Å². The van der Waals surface area contributed by atoms with Gasteiger partial charge in [-0.2, -0.15) is 17.5 Å². The highest BCUT2D eigenvalue weighted by Gasteiger charge is 2.40. The van der Waals surface area contributed by atoms with Crippen LogP contribution in [0.1, 0.15) is 55.8 Å². The van der Waals surface area contributed by atoms with Crippen LogP contribution in [0.3, 0.4) is 0 Å². The SMILES string of the molecule is O=C(CC1c2cccn2CCN1S(=O)(=O)c1cccc(C(F)(F)F)c1)N1CCC(N2CCCCC2)CC1. The van der Waals surface area contributed by atoms with E-state index in [1.165, 1.54) is 29.6 Å². The number of piperidine rings is 2. The fourth-order valence-electron chi connectivity index (χ4n) is 5.96. The first-order valence-corrected chi connectivity index (χ1v) is 14.4. The van der Waals surface area contributed by atoms with Gasteiger partial charge in [-0.3, -0.25) is 4.79 Å². The summed E-state index contributed by atoms with van der Waals surface area (Å²) in [5.41, 5.74) is -0.337. The third-order valence-electron chi connectivity index (χ3n) is 7.98. The van der Waals surface area contributed by atoms with Gasteiger partial charge in [0.1, 0.15) is 0 Å². The molecule has 5 rings (SSSR count). The van der Waals surface area contributed by atoms with Crippen molar-refractivity contribution in [3.63, 3.8) is 0 Å². The number of sulfonamides is 1. The Labute approximate surface area is 215 Å². The zero-order valence-corrected chi connectivity index (χ0v) is 21.6. The van der Waals surface area contributed by atoms with Gasteiger partial charge in [-0.15, -0.1) is 0 Å². The number of hydrogen-bond donors (Lipinski definition) is 0. The average Bonchev–Trinajstić information content (AvgIpc) is 3.38. The molecule has 0 radical (unpaired) electrons. The highest BCUT2D eigenvalue weighted by molar-refractivity contribution is 7.89. The van der Waals surface area contributed by atoms with Crippen LogP contribution >= 0.6 is 0 Å². The third kappa shape index (κ3) is 5.44. The molecule has 0 bridgehead atoms. The molecule has 37 heavy (non-hydrogen) atoms. The number of fused-ring (bicyclic) bond motifs is 1. The molecule has 1 unspecified atom stereocenters. The summed E-state index contributed by atoms with van der Waals surface area (Å²) in [6, 6.07) is 7.11. The third-order valence-corrected chi connectivity index (χ3v) is 9.88. The first-order chi connectivity index (χ1) is 17.6. The predicted molar refractivity (Wildman–Crippen MR) is 132 cm³/mol. The number of nitrogens with zero attached hydrogens (tertiary/aromatic N) is 4. The van der Waals surface area contributed by atoms with Crippen molar-refractivity contribution in [1.82, 2.24) is 18.7 Å². The highest BCUT2D eigenvalue weighted by Crippen LogP contribution is 2.37. The van der Waals surface area contributed by atoms with E-state index in [9.17, 15) is 26.4 Å². The molecule has 0 saturated carbocycles. The number of amides is 1. The number of rotatable bonds is 5. The minimum atomic E-state index is -4.65. The lowest BCUT2D eigenvalue weighted by Gasteiger charge is -2.41. The van der Waals surface area contributed by atoms with Crippen LogP contribution in [0.2, 0.25) is 0 Å². The monoisotopic (exact) mass is 538 g/mol. The van der Waals surface area contributed by atoms with E-state index in [4.69, 9.17) is 0 Å². The fraction of sp³-hybridized carbons (Fsp3) is 0.577. The molecule has 4 heterocycles. The van der Waals surface area contributed by atoms with E-state index in [-0.39, 0.29) is 18.9 Å². The Morgan fingerprint density at radius 2 is 1.65 bits per heavy atom. The summed E-state index contributed by atoms with van der Waals surface area (Å²) in [6.45, 7) is 3.93. The Morgan fingerprint density at radius 1 is 0.919 bits per heavy atom. The molecule has 1 aromatic carbocycles. The van der Waals surface area contributed by atoms with Crippen molar-refractivity contribution in [3.8, 4) is 0 Å². The number of benzene rings is 1. The maximum atomic E-state index is 13.6. The van der Waals surface area contributed by atoms with E-state index in [0.29, 0.717) is 37.4 Å². The van der Waals surface area contributed by atoms with Gasteiger partial charge in [-0.25, -0.2) is 8.42 Å². The molecule has 7 nitrogen and oxygen atoms in total. The van der Waals surface area contributed by atoms with Crippen LogP contribution < -0.4 is 0 Å². The van der Waals surface area contributed by atoms with Crippen LogP contribution in [-0.4, -0.2) is 71.8 Å². The Balaban J connectivity index is 1.34. The number of likely N-dealkylation sites (tertiary alicyclic amines) is 2. The van der Waals surface area contributed by atoms with Gasteiger partial charge in [0.05, 0.1) is 16.5 Å². The lowest BCUT2D eigenvalue weighted by atomic mass is 9.99. The standard InChI is InChI=1S/C26H33F3N4O3S/c27-26(28,29)20-6-4-7-22(18-20)37(35,36)33-17-16-31-13-5-8-23(31)24(33)19-25(34)32-14-9-21(10-15-32)30-11-2-1-3-12-30/h4-8,13,18,21,24H,1-3,9-12,14-17,19H2. The molecular weight excluding hydrogens is 505 g/mol. The van der Waals surface area contributed by atoms with Crippen molar-refractivity contribution < 1.29 is 26.4 Å². The second-order valence-electron chi connectivity index (χ2n) is 10.2. The van der Waals surface area contributed by atoms with E-state index >= 15 is 0 Å². The normalized spacial score (nSPS) is 22.7. The molecule has 11 heteroatoms. The van der Waals surface area contributed by atoms with Crippen molar-refractivity contribution in [2.24, 2.45) is 0 Å². The summed E-state index contributed by atoms with van der Waals surface area (Å²) >= 11 is 0. The zero-order valence-electron chi connectivity index (χ0n) is 20.7. The molecule has 2 aromatic rings. The molecule has 202 valence electrons. The van der Waals surface area contributed by atoms with Gasteiger partial charge in [-0.05, 0) is 69.1 Å². The van der Waals surface area contributed by atoms with Gasteiger partial charge in [0.2, 0.25) is 15.9 Å². The van der Waals surface area contributed by atoms with Crippen LogP contribution in [0.25, 0.3) is 0 Å². The van der Waals surface area contributed by atoms with Gasteiger partial charge < -0.3 is 14.4 Å². The average molecular weight is 539 g/mol. The van der Waals surface area contributed by atoms with E-state index in [1.807, 2.05) is 15.7 Å². The first-order valence-electron chi connectivity index (χ1n) is 13.0. The van der Waals surface area contributed by atoms with Crippen LogP contribution in [0.15, 0.2) is 47.5 Å². The van der Waals surface area contributed by atoms with E-state index in [0.717, 1.165) is 38.1 Å². The minimum absolute atomic E-state index is 0.0451. The van der Waals surface area contributed by atoms with E-state index < -0.39 is 32.7 Å². The van der Waals surface area contributed by atoms with Gasteiger partial charge in [0.25, 0.3) is 0 Å². The lowest BCUT2D eigenvalue weighted by Crippen LogP contribution is -2.49. The second kappa shape index (κ2) is 10.4. The Bertz CT molecular complexity index is 1220. The van der Waals surface area contributed by atoms with Crippen molar-refractivity contribution >= 4 is 15.9 Å². The van der Waals surface area contributed by atoms with Crippen molar-refractivity contribution in [2.75, 3.05) is 32.7 Å². The topological polar surface area (TPSA) is 65.9 Å². The summed E-state index contributed by atoms with van der Waals surface area (Å²) < 4.78 is 70.2. The molecule has 0 spiro atoms. The number of halogens is 3. The molecule has 2 fully saturated rings. The smallest absolute Gasteiger partial charge is 0.349 e. The summed E-state index contributed by atoms with van der Waals surface area (Å²) in [5.74, 6) is -0.124.